The van der Waals surface area contributed by atoms with Gasteiger partial charge in [-0.15, -0.1) is 11.3 Å². The van der Waals surface area contributed by atoms with Crippen LogP contribution in [0.25, 0.3) is 0 Å². The van der Waals surface area contributed by atoms with Crippen molar-refractivity contribution in [2.45, 2.75) is 89.9 Å². The van der Waals surface area contributed by atoms with Gasteiger partial charge in [0.1, 0.15) is 10.8 Å². The molecule has 0 saturated carbocycles. The van der Waals surface area contributed by atoms with E-state index < -0.39 is 22.5 Å². The third-order valence-electron chi connectivity index (χ3n) is 6.79. The number of carbonyl (C=O) groups is 1. The minimum Gasteiger partial charge on any atom is -0.480 e. The molecule has 8 heteroatoms. The molecule has 0 bridgehead atoms. The fraction of sp³-hybridized carbons (Fsp3) is 0.577. The number of carboxylic acids is 1. The van der Waals surface area contributed by atoms with E-state index in [4.69, 9.17) is 5.11 Å². The van der Waals surface area contributed by atoms with E-state index in [0.717, 1.165) is 35.3 Å². The van der Waals surface area contributed by atoms with Gasteiger partial charge in [0.25, 0.3) is 10.0 Å². The minimum absolute atomic E-state index is 0.151. The Kier molecular flexibility index (Phi) is 9.13. The highest BCUT2D eigenvalue weighted by atomic mass is 32.2. The second-order valence-corrected chi connectivity index (χ2v) is 13.2. The molecule has 1 aromatic heterocycles. The molecule has 6 nitrogen and oxygen atoms in total. The number of thiophene rings is 1. The summed E-state index contributed by atoms with van der Waals surface area (Å²) in [5, 5.41) is 19.3. The summed E-state index contributed by atoms with van der Waals surface area (Å²) in [4.78, 5) is 11.8. The fourth-order valence-corrected chi connectivity index (χ4v) is 7.41. The smallest absolute Gasteiger partial charge is 0.318 e. The number of hydrogen-bond acceptors (Lipinski definition) is 5. The molecule has 2 aromatic rings. The van der Waals surface area contributed by atoms with Gasteiger partial charge in [-0.05, 0) is 73.3 Å². The van der Waals surface area contributed by atoms with Gasteiger partial charge in [0.15, 0.2) is 0 Å². The molecular weight excluding hydrogens is 470 g/mol. The lowest BCUT2D eigenvalue weighted by Gasteiger charge is -2.32. The molecule has 1 unspecified atom stereocenters. The van der Waals surface area contributed by atoms with Crippen LogP contribution in [0.1, 0.15) is 81.0 Å². The molecule has 0 fully saturated rings. The minimum atomic E-state index is -3.90. The molecule has 1 heterocycles. The molecule has 0 saturated heterocycles. The maximum Gasteiger partial charge on any atom is 0.318 e. The van der Waals surface area contributed by atoms with Crippen molar-refractivity contribution in [1.29, 1.82) is 0 Å². The van der Waals surface area contributed by atoms with Gasteiger partial charge in [-0.1, -0.05) is 52.8 Å². The molecule has 2 rings (SSSR count). The Labute approximate surface area is 208 Å². The van der Waals surface area contributed by atoms with Crippen LogP contribution in [0.3, 0.4) is 0 Å². The van der Waals surface area contributed by atoms with Gasteiger partial charge in [0.2, 0.25) is 0 Å². The first kappa shape index (κ1) is 28.5. The number of nitrogens with one attached hydrogen (secondary N) is 1. The summed E-state index contributed by atoms with van der Waals surface area (Å²) in [7, 11) is -3.90. The third kappa shape index (κ3) is 6.27. The van der Waals surface area contributed by atoms with E-state index in [-0.39, 0.29) is 21.1 Å². The summed E-state index contributed by atoms with van der Waals surface area (Å²) in [6.45, 7) is 13.5. The van der Waals surface area contributed by atoms with Crippen molar-refractivity contribution in [2.75, 3.05) is 6.54 Å². The molecular formula is C26H39NO5S2. The van der Waals surface area contributed by atoms with Crippen molar-refractivity contribution < 1.29 is 23.4 Å². The van der Waals surface area contributed by atoms with Crippen LogP contribution in [-0.4, -0.2) is 37.2 Å². The number of rotatable bonds is 11. The summed E-state index contributed by atoms with van der Waals surface area (Å²) < 4.78 is 27.8. The average Bonchev–Trinajstić information content (AvgIpc) is 3.15. The highest BCUT2D eigenvalue weighted by molar-refractivity contribution is 7.91. The normalized spacial score (nSPS) is 13.8. The Morgan fingerprint density at radius 1 is 1.09 bits per heavy atom. The van der Waals surface area contributed by atoms with Crippen LogP contribution >= 0.6 is 11.3 Å². The maximum absolute atomic E-state index is 12.7. The molecule has 1 aromatic carbocycles. The Hall–Kier alpha value is -1.74. The van der Waals surface area contributed by atoms with E-state index in [2.05, 4.69) is 43.7 Å². The summed E-state index contributed by atoms with van der Waals surface area (Å²) in [5.74, 6) is -1.22. The van der Waals surface area contributed by atoms with Gasteiger partial charge >= 0.3 is 5.97 Å². The second kappa shape index (κ2) is 10.9. The first-order chi connectivity index (χ1) is 15.7. The van der Waals surface area contributed by atoms with Crippen LogP contribution in [0, 0.1) is 19.3 Å². The zero-order valence-electron chi connectivity index (χ0n) is 21.4. The number of hydrogen-bond donors (Lipinski definition) is 3. The lowest BCUT2D eigenvalue weighted by Crippen LogP contribution is -2.29. The van der Waals surface area contributed by atoms with Crippen LogP contribution in [-0.2, 0) is 26.7 Å². The van der Waals surface area contributed by atoms with Gasteiger partial charge in [-0.2, -0.15) is 4.72 Å². The van der Waals surface area contributed by atoms with Crippen molar-refractivity contribution in [1.82, 2.24) is 4.72 Å². The van der Waals surface area contributed by atoms with E-state index in [0.29, 0.717) is 12.0 Å². The quantitative estimate of drug-likeness (QED) is 0.388. The molecule has 1 atom stereocenters. The average molecular weight is 510 g/mol. The molecule has 0 aliphatic rings. The van der Waals surface area contributed by atoms with Crippen molar-refractivity contribution in [3.8, 4) is 0 Å². The Balaban J connectivity index is 2.42. The molecule has 3 N–H and O–H groups in total. The van der Waals surface area contributed by atoms with Crippen molar-refractivity contribution in [2.24, 2.45) is 5.41 Å². The van der Waals surface area contributed by atoms with E-state index >= 15 is 0 Å². The fourth-order valence-electron chi connectivity index (χ4n) is 4.34. The first-order valence-electron chi connectivity index (χ1n) is 11.8. The molecule has 0 spiro atoms. The zero-order chi connectivity index (χ0) is 25.9. The predicted octanol–water partition coefficient (Wildman–Crippen LogP) is 5.17. The molecule has 0 amide bonds. The number of aliphatic hydroxyl groups excluding tert-OH is 1. The second-order valence-electron chi connectivity index (χ2n) is 10.2. The van der Waals surface area contributed by atoms with Gasteiger partial charge in [0, 0.05) is 10.3 Å². The highest BCUT2D eigenvalue weighted by Crippen LogP contribution is 2.44. The van der Waals surface area contributed by atoms with E-state index in [1.54, 1.807) is 6.92 Å². The maximum atomic E-state index is 12.7. The molecule has 34 heavy (non-hydrogen) atoms. The number of carboxylic acid groups (broad SMARTS) is 1. The van der Waals surface area contributed by atoms with Crippen LogP contribution in [0.2, 0.25) is 0 Å². The monoisotopic (exact) mass is 509 g/mol. The van der Waals surface area contributed by atoms with Gasteiger partial charge in [-0.25, -0.2) is 8.42 Å². The lowest BCUT2D eigenvalue weighted by molar-refractivity contribution is -0.135. The Morgan fingerprint density at radius 3 is 2.21 bits per heavy atom. The van der Waals surface area contributed by atoms with Crippen molar-refractivity contribution in [3.05, 3.63) is 51.4 Å². The van der Waals surface area contributed by atoms with Crippen LogP contribution in [0.5, 0.6) is 0 Å². The zero-order valence-corrected chi connectivity index (χ0v) is 23.0. The molecule has 0 aliphatic heterocycles. The number of aliphatic hydroxyl groups is 1. The largest absolute Gasteiger partial charge is 0.480 e. The Morgan fingerprint density at radius 2 is 1.71 bits per heavy atom. The molecule has 0 radical (unpaired) electrons. The molecule has 0 aliphatic carbocycles. The van der Waals surface area contributed by atoms with Crippen LogP contribution in [0.4, 0.5) is 0 Å². The van der Waals surface area contributed by atoms with Gasteiger partial charge in [-0.3, -0.25) is 4.79 Å². The summed E-state index contributed by atoms with van der Waals surface area (Å²) in [6, 6.07) is 8.38. The third-order valence-corrected chi connectivity index (χ3v) is 10.3. The number of benzene rings is 1. The topological polar surface area (TPSA) is 104 Å². The van der Waals surface area contributed by atoms with Crippen LogP contribution < -0.4 is 4.72 Å². The standard InChI is InChI=1S/C26H39NO5S2/c1-8-26(9-2,22-15-18(4)24(33-22)34(31,32)27-16-23(29)30)20-12-10-19(17(3)14-20)11-13-21(28)25(5,6)7/h10,12,14-15,21,27-28H,8-9,11,13,16H2,1-7H3,(H,29,30). The summed E-state index contributed by atoms with van der Waals surface area (Å²) >= 11 is 1.22. The summed E-state index contributed by atoms with van der Waals surface area (Å²) in [5.41, 5.74) is 3.63. The number of aryl methyl sites for hydroxylation is 3. The lowest BCUT2D eigenvalue weighted by atomic mass is 9.73. The van der Waals surface area contributed by atoms with E-state index in [1.807, 2.05) is 26.8 Å². The van der Waals surface area contributed by atoms with Gasteiger partial charge < -0.3 is 10.2 Å². The summed E-state index contributed by atoms with van der Waals surface area (Å²) in [6.07, 6.45) is 2.72. The first-order valence-corrected chi connectivity index (χ1v) is 14.1. The predicted molar refractivity (Wildman–Crippen MR) is 138 cm³/mol. The number of sulfonamides is 1. The van der Waals surface area contributed by atoms with E-state index in [9.17, 15) is 18.3 Å². The Bertz CT molecular complexity index is 1110. The van der Waals surface area contributed by atoms with Crippen molar-refractivity contribution in [3.63, 3.8) is 0 Å². The van der Waals surface area contributed by atoms with Crippen molar-refractivity contribution >= 4 is 27.3 Å². The SMILES string of the molecule is CCC(CC)(c1ccc(CCC(O)C(C)(C)C)c(C)c1)c1cc(C)c(S(=O)(=O)NCC(=O)O)s1. The highest BCUT2D eigenvalue weighted by Gasteiger charge is 2.35. The van der Waals surface area contributed by atoms with Gasteiger partial charge in [0.05, 0.1) is 6.10 Å². The van der Waals surface area contributed by atoms with Crippen LogP contribution in [0.15, 0.2) is 28.5 Å². The van der Waals surface area contributed by atoms with E-state index in [1.165, 1.54) is 16.9 Å². The number of aliphatic carboxylic acids is 1. The molecule has 190 valence electrons.